The van der Waals surface area contributed by atoms with Gasteiger partial charge in [0.2, 0.25) is 0 Å². The highest BCUT2D eigenvalue weighted by Gasteiger charge is 2.19. The minimum absolute atomic E-state index is 0.122. The van der Waals surface area contributed by atoms with Crippen molar-refractivity contribution < 1.29 is 28.6 Å². The first kappa shape index (κ1) is 56.1. The number of hydrogen-bond acceptors (Lipinski definition) is 6. The Labute approximate surface area is 368 Å². The number of esters is 3. The first-order valence-electron chi connectivity index (χ1n) is 23.9. The minimum atomic E-state index is -0.823. The minimum Gasteiger partial charge on any atom is -0.462 e. The van der Waals surface area contributed by atoms with Crippen LogP contribution in [0.2, 0.25) is 0 Å². The quantitative estimate of drug-likeness (QED) is 0.0264. The van der Waals surface area contributed by atoms with Gasteiger partial charge in [-0.15, -0.1) is 0 Å². The van der Waals surface area contributed by atoms with Gasteiger partial charge < -0.3 is 14.2 Å². The molecule has 0 saturated heterocycles. The van der Waals surface area contributed by atoms with Crippen molar-refractivity contribution in [3.05, 3.63) is 109 Å². The van der Waals surface area contributed by atoms with Crippen LogP contribution in [0, 0.1) is 0 Å². The standard InChI is InChI=1S/C54H86O6/c1-4-7-10-13-16-19-21-23-25-26-27-28-29-31-32-35-38-41-44-47-53(56)59-50-51(49-58-52(55)46-43-40-37-34-18-15-12-9-6-3)60-54(57)48-45-42-39-36-33-30-24-22-20-17-14-11-8-5-2/h7-8,10-11,16-17,19-20,23,25,27-28,31-32,34,37-38,41,51H,4-6,9,12-15,18,21-22,24,26,29-30,33,35-36,39-40,42-50H2,1-3H3/b10-7-,11-8-,19-16-,20-17-,25-23-,28-27-,32-31-,37-34-,41-38-. The van der Waals surface area contributed by atoms with Crippen LogP contribution >= 0.6 is 0 Å². The van der Waals surface area contributed by atoms with E-state index >= 15 is 0 Å². The van der Waals surface area contributed by atoms with Gasteiger partial charge in [-0.05, 0) is 103 Å². The lowest BCUT2D eigenvalue weighted by atomic mass is 10.1. The summed E-state index contributed by atoms with van der Waals surface area (Å²) in [6.45, 7) is 6.26. The van der Waals surface area contributed by atoms with Crippen molar-refractivity contribution in [1.29, 1.82) is 0 Å². The molecule has 0 bridgehead atoms. The SMILES string of the molecule is CC/C=C\C/C=C\C/C=C\C/C=C\C/C=C\C/C=C\CCC(=O)OCC(COC(=O)CCC/C=C\CCCCCC)OC(=O)CCCCCCCCC/C=C\C/C=C\CC. The summed E-state index contributed by atoms with van der Waals surface area (Å²) in [5, 5.41) is 0. The number of rotatable bonds is 41. The number of carbonyl (C=O) groups excluding carboxylic acids is 3. The summed E-state index contributed by atoms with van der Waals surface area (Å²) in [6, 6.07) is 0. The van der Waals surface area contributed by atoms with Crippen LogP contribution in [0.3, 0.4) is 0 Å². The molecular weight excluding hydrogens is 745 g/mol. The van der Waals surface area contributed by atoms with Gasteiger partial charge in [0.15, 0.2) is 6.10 Å². The number of hydrogen-bond donors (Lipinski definition) is 0. The number of ether oxygens (including phenoxy) is 3. The van der Waals surface area contributed by atoms with E-state index in [1.165, 1.54) is 51.4 Å². The second-order valence-electron chi connectivity index (χ2n) is 15.2. The molecule has 6 nitrogen and oxygen atoms in total. The zero-order chi connectivity index (χ0) is 43.7. The molecule has 0 N–H and O–H groups in total. The highest BCUT2D eigenvalue weighted by Crippen LogP contribution is 2.12. The fraction of sp³-hybridized carbons (Fsp3) is 0.611. The number of unbranched alkanes of at least 4 members (excludes halogenated alkanes) is 12. The first-order valence-corrected chi connectivity index (χ1v) is 23.9. The van der Waals surface area contributed by atoms with Crippen molar-refractivity contribution in [3.63, 3.8) is 0 Å². The number of carbonyl (C=O) groups is 3. The largest absolute Gasteiger partial charge is 0.462 e. The maximum atomic E-state index is 12.7. The highest BCUT2D eigenvalue weighted by atomic mass is 16.6. The molecule has 0 aromatic rings. The van der Waals surface area contributed by atoms with Gasteiger partial charge in [-0.2, -0.15) is 0 Å². The van der Waals surface area contributed by atoms with Gasteiger partial charge in [-0.3, -0.25) is 14.4 Å². The van der Waals surface area contributed by atoms with Crippen molar-refractivity contribution in [2.75, 3.05) is 13.2 Å². The Morgan fingerprint density at radius 3 is 1.18 bits per heavy atom. The Hall–Kier alpha value is -3.93. The molecule has 0 saturated carbocycles. The van der Waals surface area contributed by atoms with Gasteiger partial charge in [0, 0.05) is 19.3 Å². The van der Waals surface area contributed by atoms with Gasteiger partial charge >= 0.3 is 17.9 Å². The van der Waals surface area contributed by atoms with Crippen molar-refractivity contribution in [2.24, 2.45) is 0 Å². The van der Waals surface area contributed by atoms with Gasteiger partial charge in [0.05, 0.1) is 0 Å². The van der Waals surface area contributed by atoms with Crippen LogP contribution in [-0.2, 0) is 28.6 Å². The molecule has 1 unspecified atom stereocenters. The summed E-state index contributed by atoms with van der Waals surface area (Å²) in [4.78, 5) is 37.7. The molecule has 0 amide bonds. The molecule has 1 atom stereocenters. The fourth-order valence-corrected chi connectivity index (χ4v) is 5.98. The smallest absolute Gasteiger partial charge is 0.306 e. The van der Waals surface area contributed by atoms with Gasteiger partial charge in [0.1, 0.15) is 13.2 Å². The van der Waals surface area contributed by atoms with Crippen LogP contribution in [-0.4, -0.2) is 37.2 Å². The van der Waals surface area contributed by atoms with Crippen LogP contribution < -0.4 is 0 Å². The summed E-state index contributed by atoms with van der Waals surface area (Å²) in [7, 11) is 0. The average molecular weight is 831 g/mol. The summed E-state index contributed by atoms with van der Waals surface area (Å²) in [6.07, 6.45) is 63.8. The van der Waals surface area contributed by atoms with Gasteiger partial charge in [-0.25, -0.2) is 0 Å². The summed E-state index contributed by atoms with van der Waals surface area (Å²) >= 11 is 0. The number of allylic oxidation sites excluding steroid dienone is 18. The Kier molecular flexibility index (Phi) is 44.6. The van der Waals surface area contributed by atoms with E-state index in [2.05, 4.69) is 118 Å². The van der Waals surface area contributed by atoms with Crippen molar-refractivity contribution in [3.8, 4) is 0 Å². The van der Waals surface area contributed by atoms with Crippen LogP contribution in [0.25, 0.3) is 0 Å². The normalized spacial score (nSPS) is 13.1. The van der Waals surface area contributed by atoms with E-state index < -0.39 is 6.10 Å². The predicted molar refractivity (Wildman–Crippen MR) is 256 cm³/mol. The fourth-order valence-electron chi connectivity index (χ4n) is 5.98. The molecule has 0 aliphatic rings. The molecule has 0 aliphatic carbocycles. The molecule has 0 aromatic heterocycles. The topological polar surface area (TPSA) is 78.9 Å². The van der Waals surface area contributed by atoms with E-state index in [4.69, 9.17) is 14.2 Å². The zero-order valence-corrected chi connectivity index (χ0v) is 38.4. The molecule has 0 fully saturated rings. The summed E-state index contributed by atoms with van der Waals surface area (Å²) < 4.78 is 16.6. The predicted octanol–water partition coefficient (Wildman–Crippen LogP) is 15.6. The molecule has 0 aliphatic heterocycles. The Bertz CT molecular complexity index is 1280. The lowest BCUT2D eigenvalue weighted by Gasteiger charge is -2.18. The third-order valence-corrected chi connectivity index (χ3v) is 9.51. The van der Waals surface area contributed by atoms with E-state index in [-0.39, 0.29) is 37.5 Å². The molecule has 0 rings (SSSR count). The lowest BCUT2D eigenvalue weighted by Crippen LogP contribution is -2.30. The molecule has 60 heavy (non-hydrogen) atoms. The molecule has 6 heteroatoms. The Balaban J connectivity index is 4.51. The van der Waals surface area contributed by atoms with Gasteiger partial charge in [-0.1, -0.05) is 182 Å². The zero-order valence-electron chi connectivity index (χ0n) is 38.4. The molecule has 338 valence electrons. The van der Waals surface area contributed by atoms with Crippen molar-refractivity contribution in [1.82, 2.24) is 0 Å². The molecule has 0 heterocycles. The van der Waals surface area contributed by atoms with Crippen LogP contribution in [0.5, 0.6) is 0 Å². The summed E-state index contributed by atoms with van der Waals surface area (Å²) in [5.41, 5.74) is 0. The van der Waals surface area contributed by atoms with Crippen LogP contribution in [0.1, 0.15) is 194 Å². The third kappa shape index (κ3) is 45.2. The lowest BCUT2D eigenvalue weighted by molar-refractivity contribution is -0.166. The van der Waals surface area contributed by atoms with E-state index in [9.17, 15) is 14.4 Å². The molecular formula is C54H86O6. The summed E-state index contributed by atoms with van der Waals surface area (Å²) in [5.74, 6) is -1.06. The first-order chi connectivity index (χ1) is 29.5. The van der Waals surface area contributed by atoms with Crippen LogP contribution in [0.15, 0.2) is 109 Å². The molecule has 0 spiro atoms. The van der Waals surface area contributed by atoms with Gasteiger partial charge in [0.25, 0.3) is 0 Å². The molecule has 0 radical (unpaired) electrons. The van der Waals surface area contributed by atoms with Crippen LogP contribution in [0.4, 0.5) is 0 Å². The maximum Gasteiger partial charge on any atom is 0.306 e. The van der Waals surface area contributed by atoms with E-state index in [0.29, 0.717) is 25.7 Å². The third-order valence-electron chi connectivity index (χ3n) is 9.51. The monoisotopic (exact) mass is 831 g/mol. The second-order valence-corrected chi connectivity index (χ2v) is 15.2. The van der Waals surface area contributed by atoms with E-state index in [1.54, 1.807) is 0 Å². The Morgan fingerprint density at radius 2 is 0.700 bits per heavy atom. The van der Waals surface area contributed by atoms with Crippen molar-refractivity contribution >= 4 is 17.9 Å². The average Bonchev–Trinajstić information content (AvgIpc) is 3.24. The Morgan fingerprint density at radius 1 is 0.350 bits per heavy atom. The maximum absolute atomic E-state index is 12.7. The van der Waals surface area contributed by atoms with E-state index in [1.807, 2.05) is 12.2 Å². The van der Waals surface area contributed by atoms with E-state index in [0.717, 1.165) is 89.9 Å². The van der Waals surface area contributed by atoms with Crippen molar-refractivity contribution in [2.45, 2.75) is 200 Å². The second kappa shape index (κ2) is 47.7. The highest BCUT2D eigenvalue weighted by molar-refractivity contribution is 5.71. The molecule has 0 aromatic carbocycles.